The maximum Gasteiger partial charge on any atom is 0.328 e. The first kappa shape index (κ1) is 29.6. The monoisotopic (exact) mass is 598 g/mol. The Labute approximate surface area is 235 Å². The number of nitrogens with zero attached hydrogens (tertiary/aromatic N) is 2. The first-order chi connectivity index (χ1) is 18.1. The Balaban J connectivity index is 1.78. The summed E-state index contributed by atoms with van der Waals surface area (Å²) in [7, 11) is -3.61. The molecular formula is C25H25Cl3N4O5S. The van der Waals surface area contributed by atoms with Gasteiger partial charge in [-0.3, -0.25) is 9.78 Å². The minimum absolute atomic E-state index is 0.00339. The molecule has 1 unspecified atom stereocenters. The van der Waals surface area contributed by atoms with E-state index in [2.05, 4.69) is 20.6 Å². The molecule has 2 aromatic heterocycles. The van der Waals surface area contributed by atoms with E-state index in [1.807, 2.05) is 0 Å². The summed E-state index contributed by atoms with van der Waals surface area (Å²) in [4.78, 5) is 33.2. The minimum Gasteiger partial charge on any atom is -0.464 e. The van der Waals surface area contributed by atoms with Crippen molar-refractivity contribution in [1.82, 2.24) is 9.97 Å². The molecule has 2 N–H and O–H groups in total. The van der Waals surface area contributed by atoms with Crippen LogP contribution in [0.2, 0.25) is 15.1 Å². The van der Waals surface area contributed by atoms with Crippen LogP contribution in [0.5, 0.6) is 0 Å². The van der Waals surface area contributed by atoms with E-state index in [1.165, 1.54) is 24.7 Å². The zero-order valence-electron chi connectivity index (χ0n) is 20.5. The third-order valence-electron chi connectivity index (χ3n) is 5.25. The van der Waals surface area contributed by atoms with Gasteiger partial charge in [0, 0.05) is 36.8 Å². The average Bonchev–Trinajstić information content (AvgIpc) is 2.85. The lowest BCUT2D eigenvalue weighted by molar-refractivity contribution is -0.144. The SMILES string of the molecule is CCCS(=O)(=O)c1cc(NC(Cc2ccc(NC(=O)c3c(Cl)cncc3Cl)cc2)C(=O)OCC)ncc1Cl. The van der Waals surface area contributed by atoms with Crippen LogP contribution in [0.15, 0.2) is 53.8 Å². The summed E-state index contributed by atoms with van der Waals surface area (Å²) >= 11 is 18.2. The van der Waals surface area contributed by atoms with Gasteiger partial charge in [-0.2, -0.15) is 0 Å². The highest BCUT2D eigenvalue weighted by molar-refractivity contribution is 7.91. The number of sulfone groups is 1. The van der Waals surface area contributed by atoms with Gasteiger partial charge in [0.1, 0.15) is 11.9 Å². The minimum atomic E-state index is -3.61. The molecule has 3 aromatic rings. The van der Waals surface area contributed by atoms with Crippen LogP contribution in [0.3, 0.4) is 0 Å². The fourth-order valence-electron chi connectivity index (χ4n) is 3.51. The molecule has 0 spiro atoms. The van der Waals surface area contributed by atoms with E-state index in [0.717, 1.165) is 5.56 Å². The van der Waals surface area contributed by atoms with Gasteiger partial charge in [0.05, 0.1) is 37.9 Å². The van der Waals surface area contributed by atoms with Crippen LogP contribution >= 0.6 is 34.8 Å². The van der Waals surface area contributed by atoms with Gasteiger partial charge in [0.25, 0.3) is 5.91 Å². The van der Waals surface area contributed by atoms with Crippen LogP contribution in [-0.4, -0.2) is 48.7 Å². The summed E-state index contributed by atoms with van der Waals surface area (Å²) in [6.07, 6.45) is 4.50. The highest BCUT2D eigenvalue weighted by Gasteiger charge is 2.24. The smallest absolute Gasteiger partial charge is 0.328 e. The van der Waals surface area contributed by atoms with Gasteiger partial charge in [0.15, 0.2) is 9.84 Å². The fraction of sp³-hybridized carbons (Fsp3) is 0.280. The third kappa shape index (κ3) is 7.57. The molecule has 3 rings (SSSR count). The van der Waals surface area contributed by atoms with Crippen LogP contribution in [0.4, 0.5) is 11.5 Å². The van der Waals surface area contributed by atoms with Crippen molar-refractivity contribution in [2.24, 2.45) is 0 Å². The zero-order valence-corrected chi connectivity index (χ0v) is 23.6. The van der Waals surface area contributed by atoms with Gasteiger partial charge >= 0.3 is 5.97 Å². The Kier molecular flexibility index (Phi) is 10.3. The van der Waals surface area contributed by atoms with Crippen molar-refractivity contribution in [3.8, 4) is 0 Å². The van der Waals surface area contributed by atoms with Crippen LogP contribution in [0.25, 0.3) is 0 Å². The first-order valence-electron chi connectivity index (χ1n) is 11.6. The van der Waals surface area contributed by atoms with Gasteiger partial charge in [-0.1, -0.05) is 53.9 Å². The number of hydrogen-bond acceptors (Lipinski definition) is 8. The number of carbonyl (C=O) groups excluding carboxylic acids is 2. The quantitative estimate of drug-likeness (QED) is 0.278. The Morgan fingerprint density at radius 1 is 1.00 bits per heavy atom. The molecule has 1 aromatic carbocycles. The van der Waals surface area contributed by atoms with E-state index in [4.69, 9.17) is 39.5 Å². The lowest BCUT2D eigenvalue weighted by Crippen LogP contribution is -2.34. The molecule has 13 heteroatoms. The number of esters is 1. The third-order valence-corrected chi connectivity index (χ3v) is 8.19. The van der Waals surface area contributed by atoms with Gasteiger partial charge in [-0.15, -0.1) is 0 Å². The number of anilines is 2. The molecular weight excluding hydrogens is 575 g/mol. The van der Waals surface area contributed by atoms with Crippen molar-refractivity contribution < 1.29 is 22.7 Å². The maximum atomic E-state index is 12.7. The van der Waals surface area contributed by atoms with Gasteiger partial charge < -0.3 is 15.4 Å². The molecule has 0 aliphatic carbocycles. The Morgan fingerprint density at radius 3 is 2.26 bits per heavy atom. The van der Waals surface area contributed by atoms with Gasteiger partial charge in [-0.25, -0.2) is 18.2 Å². The summed E-state index contributed by atoms with van der Waals surface area (Å²) < 4.78 is 30.3. The molecule has 0 bridgehead atoms. The molecule has 0 saturated carbocycles. The van der Waals surface area contributed by atoms with Crippen molar-refractivity contribution >= 4 is 68.0 Å². The predicted molar refractivity (Wildman–Crippen MR) is 148 cm³/mol. The normalized spacial score (nSPS) is 12.0. The van der Waals surface area contributed by atoms with Crippen LogP contribution in [-0.2, 0) is 25.8 Å². The number of hydrogen-bond donors (Lipinski definition) is 2. The second-order valence-electron chi connectivity index (χ2n) is 8.10. The number of pyridine rings is 2. The molecule has 9 nitrogen and oxygen atoms in total. The van der Waals surface area contributed by atoms with E-state index < -0.39 is 27.8 Å². The van der Waals surface area contributed by atoms with Crippen LogP contribution in [0, 0.1) is 0 Å². The second kappa shape index (κ2) is 13.2. The summed E-state index contributed by atoms with van der Waals surface area (Å²) in [5, 5.41) is 5.92. The summed E-state index contributed by atoms with van der Waals surface area (Å²) in [5.74, 6) is -0.942. The van der Waals surface area contributed by atoms with E-state index in [-0.39, 0.29) is 50.1 Å². The Hall–Kier alpha value is -2.92. The number of nitrogens with one attached hydrogen (secondary N) is 2. The maximum absolute atomic E-state index is 12.7. The molecule has 0 fully saturated rings. The van der Waals surface area contributed by atoms with Crippen LogP contribution in [0.1, 0.15) is 36.2 Å². The lowest BCUT2D eigenvalue weighted by Gasteiger charge is -2.19. The highest BCUT2D eigenvalue weighted by atomic mass is 35.5. The zero-order chi connectivity index (χ0) is 27.9. The fourth-order valence-corrected chi connectivity index (χ4v) is 5.90. The van der Waals surface area contributed by atoms with Gasteiger partial charge in [-0.05, 0) is 31.0 Å². The van der Waals surface area contributed by atoms with E-state index in [0.29, 0.717) is 12.1 Å². The van der Waals surface area contributed by atoms with E-state index in [9.17, 15) is 18.0 Å². The average molecular weight is 600 g/mol. The predicted octanol–water partition coefficient (Wildman–Crippen LogP) is 5.46. The van der Waals surface area contributed by atoms with Crippen molar-refractivity contribution in [3.05, 3.63) is 75.1 Å². The van der Waals surface area contributed by atoms with E-state index >= 15 is 0 Å². The first-order valence-corrected chi connectivity index (χ1v) is 14.3. The molecule has 0 saturated heterocycles. The lowest BCUT2D eigenvalue weighted by atomic mass is 10.1. The Morgan fingerprint density at radius 2 is 1.66 bits per heavy atom. The molecule has 0 radical (unpaired) electrons. The standard InChI is InChI=1S/C25H25Cl3N4O5S/c1-3-9-38(35,36)21-11-22(30-14-17(21)26)32-20(25(34)37-4-2)10-15-5-7-16(8-6-15)31-24(33)23-18(27)12-29-13-19(23)28/h5-8,11-14,20H,3-4,9-10H2,1-2H3,(H,30,32)(H,31,33). The van der Waals surface area contributed by atoms with Crippen molar-refractivity contribution in [2.75, 3.05) is 23.0 Å². The molecule has 1 atom stereocenters. The van der Waals surface area contributed by atoms with Crippen molar-refractivity contribution in [1.29, 1.82) is 0 Å². The summed E-state index contributed by atoms with van der Waals surface area (Å²) in [6, 6.07) is 7.22. The number of aromatic nitrogens is 2. The second-order valence-corrected chi connectivity index (χ2v) is 11.4. The molecule has 0 aliphatic rings. The highest BCUT2D eigenvalue weighted by Crippen LogP contribution is 2.26. The van der Waals surface area contributed by atoms with Gasteiger partial charge in [0.2, 0.25) is 0 Å². The van der Waals surface area contributed by atoms with Crippen molar-refractivity contribution in [3.63, 3.8) is 0 Å². The van der Waals surface area contributed by atoms with Crippen molar-refractivity contribution in [2.45, 2.75) is 37.6 Å². The number of ether oxygens (including phenoxy) is 1. The number of rotatable bonds is 11. The Bertz CT molecular complexity index is 1400. The van der Waals surface area contributed by atoms with E-state index in [1.54, 1.807) is 38.1 Å². The number of amides is 1. The molecule has 2 heterocycles. The van der Waals surface area contributed by atoms with Crippen LogP contribution < -0.4 is 10.6 Å². The number of halogens is 3. The molecule has 38 heavy (non-hydrogen) atoms. The molecule has 0 aliphatic heterocycles. The molecule has 1 amide bonds. The number of benzene rings is 1. The topological polar surface area (TPSA) is 127 Å². The summed E-state index contributed by atoms with van der Waals surface area (Å²) in [6.45, 7) is 3.60. The number of carbonyl (C=O) groups is 2. The summed E-state index contributed by atoms with van der Waals surface area (Å²) in [5.41, 5.74) is 1.32. The molecule has 202 valence electrons. The largest absolute Gasteiger partial charge is 0.464 e.